The maximum absolute atomic E-state index is 13.0. The van der Waals surface area contributed by atoms with Crippen LogP contribution in [0.3, 0.4) is 0 Å². The van der Waals surface area contributed by atoms with E-state index in [0.717, 1.165) is 5.56 Å². The van der Waals surface area contributed by atoms with Crippen molar-refractivity contribution in [3.63, 3.8) is 0 Å². The number of rotatable bonds is 4. The van der Waals surface area contributed by atoms with Crippen LogP contribution in [0.15, 0.2) is 34.5 Å². The Hall–Kier alpha value is -1.21. The van der Waals surface area contributed by atoms with Crippen molar-refractivity contribution in [1.82, 2.24) is 0 Å². The summed E-state index contributed by atoms with van der Waals surface area (Å²) in [7, 11) is -1.94. The van der Waals surface area contributed by atoms with Gasteiger partial charge in [-0.3, -0.25) is 0 Å². The fraction of sp³-hybridized carbons (Fsp3) is 0.625. The highest BCUT2D eigenvalue weighted by Gasteiger charge is 2.65. The Morgan fingerprint density at radius 2 is 1.52 bits per heavy atom. The predicted molar refractivity (Wildman–Crippen MR) is 85.7 cm³/mol. The molecule has 1 aromatic carbocycles. The minimum absolute atomic E-state index is 0.0493. The molecule has 0 aliphatic carbocycles. The summed E-state index contributed by atoms with van der Waals surface area (Å²) in [6.45, 7) is 12.7. The molecule has 0 bridgehead atoms. The first-order chi connectivity index (χ1) is 10.3. The smallest absolute Gasteiger partial charge is 0.410 e. The largest absolute Gasteiger partial charge is 0.442 e. The van der Waals surface area contributed by atoms with Gasteiger partial charge in [0, 0.05) is 5.56 Å². The van der Waals surface area contributed by atoms with Gasteiger partial charge in [0.25, 0.3) is 0 Å². The van der Waals surface area contributed by atoms with Gasteiger partial charge >= 0.3 is 11.8 Å². The molecule has 128 valence electrons. The molecule has 23 heavy (non-hydrogen) atoms. The molecular weight excluding hydrogens is 321 g/mol. The zero-order valence-corrected chi connectivity index (χ0v) is 15.3. The van der Waals surface area contributed by atoms with Gasteiger partial charge in [-0.1, -0.05) is 45.0 Å². The zero-order valence-electron chi connectivity index (χ0n) is 14.3. The van der Waals surface area contributed by atoms with Crippen molar-refractivity contribution in [3.05, 3.63) is 35.4 Å². The van der Waals surface area contributed by atoms with Crippen molar-refractivity contribution in [1.29, 1.82) is 0 Å². The van der Waals surface area contributed by atoms with Crippen molar-refractivity contribution in [3.8, 4) is 0 Å². The molecule has 1 aliphatic rings. The van der Waals surface area contributed by atoms with Crippen LogP contribution in [0.4, 0.5) is 13.2 Å². The average molecular weight is 344 g/mol. The van der Waals surface area contributed by atoms with Crippen molar-refractivity contribution < 1.29 is 17.6 Å². The van der Waals surface area contributed by atoms with Crippen molar-refractivity contribution in [2.75, 3.05) is 0 Å². The Kier molecular flexibility index (Phi) is 4.26. The summed E-state index contributed by atoms with van der Waals surface area (Å²) in [6, 6.07) is 6.22. The van der Waals surface area contributed by atoms with Crippen molar-refractivity contribution >= 4 is 8.32 Å². The Morgan fingerprint density at radius 1 is 1.04 bits per heavy atom. The predicted octanol–water partition coefficient (Wildman–Crippen LogP) is 5.95. The van der Waals surface area contributed by atoms with Crippen LogP contribution >= 0.6 is 0 Å². The average Bonchev–Trinajstić information content (AvgIpc) is 3.17. The summed E-state index contributed by atoms with van der Waals surface area (Å²) < 4.78 is 45.2. The van der Waals surface area contributed by atoms with Gasteiger partial charge < -0.3 is 4.43 Å². The Balaban J connectivity index is 2.15. The van der Waals surface area contributed by atoms with Crippen molar-refractivity contribution in [2.24, 2.45) is 10.2 Å². The van der Waals surface area contributed by atoms with E-state index < -0.39 is 20.2 Å². The normalized spacial score (nSPS) is 18.8. The minimum atomic E-state index is -4.49. The highest BCUT2D eigenvalue weighted by molar-refractivity contribution is 6.74. The molecule has 0 amide bonds. The summed E-state index contributed by atoms with van der Waals surface area (Å²) in [6.07, 6.45) is -4.66. The quantitative estimate of drug-likeness (QED) is 0.621. The molecular formula is C16H23F3N2OSi. The van der Waals surface area contributed by atoms with Crippen LogP contribution in [-0.4, -0.2) is 14.5 Å². The van der Waals surface area contributed by atoms with Crippen LogP contribution < -0.4 is 0 Å². The summed E-state index contributed by atoms with van der Waals surface area (Å²) in [4.78, 5) is 0. The lowest BCUT2D eigenvalue weighted by Gasteiger charge is -2.38. The number of hydrogen-bond acceptors (Lipinski definition) is 3. The second kappa shape index (κ2) is 5.41. The fourth-order valence-electron chi connectivity index (χ4n) is 2.12. The standard InChI is InChI=1S/C16H23F3N2OSi/c1-11(22-23(5,6)14(2,3)4)12-7-9-13(10-8-12)15(20-21-15)16(17,18)19/h7-11H,1-6H3/t11-/m0/s1. The summed E-state index contributed by atoms with van der Waals surface area (Å²) in [5.41, 5.74) is -1.44. The van der Waals surface area contributed by atoms with E-state index in [9.17, 15) is 13.2 Å². The van der Waals surface area contributed by atoms with Crippen molar-refractivity contribution in [2.45, 2.75) is 63.8 Å². The molecule has 1 atom stereocenters. The first-order valence-electron chi connectivity index (χ1n) is 7.59. The molecule has 1 aromatic rings. The molecule has 3 nitrogen and oxygen atoms in total. The molecule has 2 rings (SSSR count). The number of nitrogens with zero attached hydrogens (tertiary/aromatic N) is 2. The second-order valence-electron chi connectivity index (χ2n) is 7.51. The number of alkyl halides is 3. The molecule has 0 saturated heterocycles. The van der Waals surface area contributed by atoms with Gasteiger partial charge in [0.2, 0.25) is 0 Å². The fourth-order valence-corrected chi connectivity index (χ4v) is 3.49. The zero-order chi connectivity index (χ0) is 17.7. The third-order valence-electron chi connectivity index (χ3n) is 4.76. The third-order valence-corrected chi connectivity index (χ3v) is 9.31. The lowest BCUT2D eigenvalue weighted by Crippen LogP contribution is -2.41. The third kappa shape index (κ3) is 3.35. The molecule has 1 heterocycles. The van der Waals surface area contributed by atoms with Crippen LogP contribution in [0.1, 0.15) is 44.9 Å². The highest BCUT2D eigenvalue weighted by atomic mass is 28.4. The molecule has 0 unspecified atom stereocenters. The number of halogens is 3. The van der Waals surface area contributed by atoms with Gasteiger partial charge in [-0.25, -0.2) is 0 Å². The van der Waals surface area contributed by atoms with Gasteiger partial charge in [0.15, 0.2) is 8.32 Å². The summed E-state index contributed by atoms with van der Waals surface area (Å²) in [5, 5.41) is 6.51. The number of hydrogen-bond donors (Lipinski definition) is 0. The van der Waals surface area contributed by atoms with Gasteiger partial charge in [0.05, 0.1) is 6.10 Å². The van der Waals surface area contributed by atoms with E-state index >= 15 is 0 Å². The van der Waals surface area contributed by atoms with E-state index in [-0.39, 0.29) is 16.7 Å². The summed E-state index contributed by atoms with van der Waals surface area (Å²) >= 11 is 0. The van der Waals surface area contributed by atoms with Crippen LogP contribution in [0.2, 0.25) is 18.1 Å². The van der Waals surface area contributed by atoms with E-state index in [0.29, 0.717) is 0 Å². The van der Waals surface area contributed by atoms with Crippen LogP contribution in [-0.2, 0) is 10.1 Å². The van der Waals surface area contributed by atoms with Crippen LogP contribution in [0.5, 0.6) is 0 Å². The maximum atomic E-state index is 13.0. The molecule has 0 radical (unpaired) electrons. The molecule has 0 N–H and O–H groups in total. The maximum Gasteiger partial charge on any atom is 0.442 e. The Bertz CT molecular complexity index is 597. The van der Waals surface area contributed by atoms with Gasteiger partial charge in [0.1, 0.15) is 0 Å². The Morgan fingerprint density at radius 3 is 1.87 bits per heavy atom. The van der Waals surface area contributed by atoms with Gasteiger partial charge in [-0.05, 0) is 30.6 Å². The first kappa shape index (κ1) is 18.1. The topological polar surface area (TPSA) is 34.0 Å². The molecule has 0 aromatic heterocycles. The van der Waals surface area contributed by atoms with Gasteiger partial charge in [-0.2, -0.15) is 13.2 Å². The Labute approximate surface area is 136 Å². The van der Waals surface area contributed by atoms with E-state index in [1.807, 2.05) is 6.92 Å². The SMILES string of the molecule is C[C@H](O[Si](C)(C)C(C)(C)C)c1ccc(C2(C(F)(F)F)N=N2)cc1. The molecule has 1 aliphatic heterocycles. The monoisotopic (exact) mass is 344 g/mol. The van der Waals surface area contributed by atoms with Crippen LogP contribution in [0, 0.1) is 0 Å². The molecule has 0 saturated carbocycles. The highest BCUT2D eigenvalue weighted by Crippen LogP contribution is 2.52. The molecule has 7 heteroatoms. The molecule has 0 fully saturated rings. The van der Waals surface area contributed by atoms with E-state index in [1.54, 1.807) is 12.1 Å². The van der Waals surface area contributed by atoms with E-state index in [1.165, 1.54) is 12.1 Å². The van der Waals surface area contributed by atoms with Gasteiger partial charge in [-0.15, -0.1) is 10.2 Å². The first-order valence-corrected chi connectivity index (χ1v) is 10.5. The number of benzene rings is 1. The van der Waals surface area contributed by atoms with E-state index in [2.05, 4.69) is 44.1 Å². The van der Waals surface area contributed by atoms with E-state index in [4.69, 9.17) is 4.43 Å². The lowest BCUT2D eigenvalue weighted by atomic mass is 10.00. The second-order valence-corrected chi connectivity index (χ2v) is 12.3. The minimum Gasteiger partial charge on any atom is -0.410 e. The van der Waals surface area contributed by atoms with Crippen LogP contribution in [0.25, 0.3) is 0 Å². The molecule has 0 spiro atoms. The summed E-state index contributed by atoms with van der Waals surface area (Å²) in [5.74, 6) is 0. The lowest BCUT2D eigenvalue weighted by molar-refractivity contribution is -0.166.